The predicted octanol–water partition coefficient (Wildman–Crippen LogP) is 2.35. The van der Waals surface area contributed by atoms with Crippen molar-refractivity contribution in [3.63, 3.8) is 0 Å². The standard InChI is InChI=1S/C16H18ClNO5/c1-9-5-6-12(17)10(2)13(9)18-8-23-7-11(15(19)21-3)14(18)16(20)22-4/h5-6H,7-8H2,1-4H3. The average molecular weight is 340 g/mol. The second-order valence-corrected chi connectivity index (χ2v) is 5.46. The Morgan fingerprint density at radius 1 is 1.17 bits per heavy atom. The summed E-state index contributed by atoms with van der Waals surface area (Å²) in [6.07, 6.45) is 0. The van der Waals surface area contributed by atoms with Crippen LogP contribution in [0, 0.1) is 13.8 Å². The third-order valence-corrected chi connectivity index (χ3v) is 4.08. The van der Waals surface area contributed by atoms with Crippen LogP contribution in [0.2, 0.25) is 5.02 Å². The Morgan fingerprint density at radius 3 is 2.43 bits per heavy atom. The van der Waals surface area contributed by atoms with Gasteiger partial charge in [-0.05, 0) is 31.0 Å². The van der Waals surface area contributed by atoms with Crippen LogP contribution in [0.15, 0.2) is 23.4 Å². The summed E-state index contributed by atoms with van der Waals surface area (Å²) < 4.78 is 15.1. The largest absolute Gasteiger partial charge is 0.466 e. The lowest BCUT2D eigenvalue weighted by Crippen LogP contribution is -2.39. The number of carbonyl (C=O) groups is 2. The van der Waals surface area contributed by atoms with E-state index in [0.29, 0.717) is 10.7 Å². The molecule has 0 aliphatic carbocycles. The zero-order valence-electron chi connectivity index (χ0n) is 13.4. The second-order valence-electron chi connectivity index (χ2n) is 5.05. The highest BCUT2D eigenvalue weighted by molar-refractivity contribution is 6.31. The van der Waals surface area contributed by atoms with Crippen molar-refractivity contribution in [2.45, 2.75) is 13.8 Å². The zero-order valence-corrected chi connectivity index (χ0v) is 14.2. The summed E-state index contributed by atoms with van der Waals surface area (Å²) in [6.45, 7) is 3.81. The predicted molar refractivity (Wildman–Crippen MR) is 85.3 cm³/mol. The van der Waals surface area contributed by atoms with Crippen molar-refractivity contribution < 1.29 is 23.8 Å². The molecule has 0 radical (unpaired) electrons. The van der Waals surface area contributed by atoms with Gasteiger partial charge in [0.05, 0.1) is 32.1 Å². The number of rotatable bonds is 3. The van der Waals surface area contributed by atoms with Gasteiger partial charge in [-0.3, -0.25) is 0 Å². The van der Waals surface area contributed by atoms with E-state index in [9.17, 15) is 9.59 Å². The monoisotopic (exact) mass is 339 g/mol. The van der Waals surface area contributed by atoms with Gasteiger partial charge in [0.15, 0.2) is 0 Å². The van der Waals surface area contributed by atoms with Crippen molar-refractivity contribution in [3.05, 3.63) is 39.6 Å². The molecule has 7 heteroatoms. The van der Waals surface area contributed by atoms with Crippen LogP contribution in [0.25, 0.3) is 0 Å². The minimum absolute atomic E-state index is 0.0216. The molecular weight excluding hydrogens is 322 g/mol. The number of nitrogens with zero attached hydrogens (tertiary/aromatic N) is 1. The molecule has 0 unspecified atom stereocenters. The van der Waals surface area contributed by atoms with E-state index < -0.39 is 11.9 Å². The Hall–Kier alpha value is -2.05. The minimum Gasteiger partial charge on any atom is -0.466 e. The first-order valence-corrected chi connectivity index (χ1v) is 7.30. The smallest absolute Gasteiger partial charge is 0.355 e. The quantitative estimate of drug-likeness (QED) is 0.788. The van der Waals surface area contributed by atoms with E-state index in [4.69, 9.17) is 25.8 Å². The van der Waals surface area contributed by atoms with E-state index >= 15 is 0 Å². The Bertz CT molecular complexity index is 683. The first-order chi connectivity index (χ1) is 10.9. The van der Waals surface area contributed by atoms with E-state index in [1.54, 1.807) is 11.0 Å². The molecule has 1 aromatic rings. The van der Waals surface area contributed by atoms with Gasteiger partial charge in [-0.2, -0.15) is 0 Å². The van der Waals surface area contributed by atoms with Gasteiger partial charge in [-0.25, -0.2) is 9.59 Å². The summed E-state index contributed by atoms with van der Waals surface area (Å²) >= 11 is 6.20. The molecule has 0 atom stereocenters. The summed E-state index contributed by atoms with van der Waals surface area (Å²) in [4.78, 5) is 25.9. The van der Waals surface area contributed by atoms with E-state index in [1.165, 1.54) is 14.2 Å². The van der Waals surface area contributed by atoms with Gasteiger partial charge in [0, 0.05) is 5.02 Å². The number of aryl methyl sites for hydroxylation is 1. The molecule has 0 N–H and O–H groups in total. The van der Waals surface area contributed by atoms with Gasteiger partial charge in [-0.1, -0.05) is 17.7 Å². The molecule has 0 saturated heterocycles. The summed E-state index contributed by atoms with van der Waals surface area (Å²) in [5.74, 6) is -1.26. The highest BCUT2D eigenvalue weighted by Gasteiger charge is 2.33. The zero-order chi connectivity index (χ0) is 17.1. The molecule has 1 heterocycles. The van der Waals surface area contributed by atoms with Crippen LogP contribution in [0.4, 0.5) is 5.69 Å². The molecule has 1 aliphatic heterocycles. The number of halogens is 1. The van der Waals surface area contributed by atoms with E-state index in [1.807, 2.05) is 19.9 Å². The molecule has 0 bridgehead atoms. The van der Waals surface area contributed by atoms with Gasteiger partial charge >= 0.3 is 11.9 Å². The number of ether oxygens (including phenoxy) is 3. The third kappa shape index (κ3) is 3.18. The highest BCUT2D eigenvalue weighted by Crippen LogP contribution is 2.35. The Labute approximate surface area is 139 Å². The molecule has 6 nitrogen and oxygen atoms in total. The van der Waals surface area contributed by atoms with Gasteiger partial charge in [0.25, 0.3) is 0 Å². The van der Waals surface area contributed by atoms with E-state index in [2.05, 4.69) is 0 Å². The number of hydrogen-bond donors (Lipinski definition) is 0. The van der Waals surface area contributed by atoms with Crippen molar-refractivity contribution in [3.8, 4) is 0 Å². The van der Waals surface area contributed by atoms with Crippen molar-refractivity contribution >= 4 is 29.2 Å². The van der Waals surface area contributed by atoms with E-state index in [0.717, 1.165) is 11.1 Å². The Kier molecular flexibility index (Phi) is 5.28. The van der Waals surface area contributed by atoms with Gasteiger partial charge < -0.3 is 19.1 Å². The maximum absolute atomic E-state index is 12.3. The molecule has 0 saturated carbocycles. The fraction of sp³-hybridized carbons (Fsp3) is 0.375. The van der Waals surface area contributed by atoms with Crippen LogP contribution in [-0.2, 0) is 23.8 Å². The van der Waals surface area contributed by atoms with Gasteiger partial charge in [-0.15, -0.1) is 0 Å². The fourth-order valence-corrected chi connectivity index (χ4v) is 2.70. The second kappa shape index (κ2) is 7.02. The molecule has 1 aromatic carbocycles. The van der Waals surface area contributed by atoms with Crippen LogP contribution in [0.1, 0.15) is 11.1 Å². The lowest BCUT2D eigenvalue weighted by atomic mass is 10.1. The normalized spacial score (nSPS) is 14.7. The number of anilines is 1. The van der Waals surface area contributed by atoms with Crippen molar-refractivity contribution in [2.75, 3.05) is 32.5 Å². The Morgan fingerprint density at radius 2 is 1.83 bits per heavy atom. The molecule has 0 aromatic heterocycles. The van der Waals surface area contributed by atoms with Crippen molar-refractivity contribution in [2.24, 2.45) is 0 Å². The minimum atomic E-state index is -0.632. The van der Waals surface area contributed by atoms with Crippen molar-refractivity contribution in [1.82, 2.24) is 0 Å². The number of hydrogen-bond acceptors (Lipinski definition) is 6. The molecule has 0 amide bonds. The molecule has 1 aliphatic rings. The average Bonchev–Trinajstić information content (AvgIpc) is 2.56. The van der Waals surface area contributed by atoms with Gasteiger partial charge in [0.1, 0.15) is 12.4 Å². The highest BCUT2D eigenvalue weighted by atomic mass is 35.5. The first-order valence-electron chi connectivity index (χ1n) is 6.93. The lowest BCUT2D eigenvalue weighted by Gasteiger charge is -2.33. The molecular formula is C16H18ClNO5. The maximum Gasteiger partial charge on any atom is 0.355 e. The van der Waals surface area contributed by atoms with Crippen molar-refractivity contribution in [1.29, 1.82) is 0 Å². The molecule has 0 spiro atoms. The Balaban J connectivity index is 2.68. The van der Waals surface area contributed by atoms with E-state index in [-0.39, 0.29) is 24.6 Å². The topological polar surface area (TPSA) is 65.1 Å². The summed E-state index contributed by atoms with van der Waals surface area (Å²) in [5.41, 5.74) is 2.60. The van der Waals surface area contributed by atoms with Crippen LogP contribution < -0.4 is 4.90 Å². The van der Waals surface area contributed by atoms with Crippen LogP contribution in [0.5, 0.6) is 0 Å². The number of carbonyl (C=O) groups excluding carboxylic acids is 2. The van der Waals surface area contributed by atoms with Crippen LogP contribution in [0.3, 0.4) is 0 Å². The number of methoxy groups -OCH3 is 2. The molecule has 0 fully saturated rings. The number of esters is 2. The SMILES string of the molecule is COC(=O)C1=C(C(=O)OC)N(c2c(C)ccc(Cl)c2C)COC1. The lowest BCUT2D eigenvalue weighted by molar-refractivity contribution is -0.140. The summed E-state index contributed by atoms with van der Waals surface area (Å²) in [7, 11) is 2.51. The van der Waals surface area contributed by atoms with Gasteiger partial charge in [0.2, 0.25) is 0 Å². The van der Waals surface area contributed by atoms with Crippen LogP contribution in [-0.4, -0.2) is 39.5 Å². The first kappa shape index (κ1) is 17.3. The maximum atomic E-state index is 12.3. The third-order valence-electron chi connectivity index (χ3n) is 3.67. The number of benzene rings is 1. The molecule has 124 valence electrons. The molecule has 23 heavy (non-hydrogen) atoms. The molecule has 2 rings (SSSR count). The van der Waals surface area contributed by atoms with Crippen LogP contribution >= 0.6 is 11.6 Å². The fourth-order valence-electron chi connectivity index (χ4n) is 2.55. The summed E-state index contributed by atoms with van der Waals surface area (Å²) in [5, 5.41) is 0.556. The summed E-state index contributed by atoms with van der Waals surface area (Å²) in [6, 6.07) is 3.62.